The standard InChI is InChI=1S/C16H25N3O.C16H24N2.C16H26N2.C15H21N3O.C15H25N3.C15H21N3.C14H23N3.C14H22N2/c1-12(2)13-5-6-15(19-9-7-17-8-10-19)14(11-13)16(20)18(3)4;1-12(2)14-5-6-16(15(11-14)13-3-4-13)18-9-7-17-8-10-18;1-12(2)14-5-6-16(15(11-14)13(3)4)18-9-7-17-8-10-18;1-11(2)12-8-13(10-16)15(14(9-12)19-3)18-6-4-17-5-7-18;1-12(2)13-5-6-14(15(11-13)17(3)4)18-9-7-16-8-10-18;1-11(2)13-8-12(3)15(14(9-13)10-16)18-6-4-17-5-7-18;1-11(2)12-4-5-14(13(10-12)15-3)17-8-6-16-7-9-17;1-11(2)13-4-6-14(7-5-13)16-9-8-15-10-12(16)3/h5-6,11-12,17H,7-10H2,1-4H3;5-6,11-13,17H,3-4,7-10H2,1-2H3;5-6,11-13,17H,7-10H2,1-4H3;8-9,11,17H,4-7H2,1-3H3;5-6,11-12,16H,7-10H2,1-4H3;8-9,11,17H,4-7H2,1-3H3;4-5,10-11,15-16H,6-9H2,1-3H3;4-7,11-12,15H,8-10H2,1-3H3/t;;;;;;;12-/m.......0/s1. The summed E-state index contributed by atoms with van der Waals surface area (Å²) in [7, 11) is 11.6. The Balaban J connectivity index is 0.000000169. The topological polar surface area (TPSA) is 215 Å². The number of anilines is 10. The Morgan fingerprint density at radius 3 is 1.12 bits per heavy atom. The third kappa shape index (κ3) is 33.6. The zero-order valence-corrected chi connectivity index (χ0v) is 93.6. The molecule has 8 aromatic carbocycles. The fourth-order valence-electron chi connectivity index (χ4n) is 19.9. The van der Waals surface area contributed by atoms with Gasteiger partial charge >= 0.3 is 0 Å². The van der Waals surface area contributed by atoms with Gasteiger partial charge in [-0.3, -0.25) is 4.79 Å². The molecule has 0 bridgehead atoms. The minimum atomic E-state index is 0.0843. The van der Waals surface area contributed by atoms with E-state index < -0.39 is 0 Å². The molecule has 9 aliphatic rings. The van der Waals surface area contributed by atoms with Crippen LogP contribution in [0.15, 0.2) is 140 Å². The zero-order valence-electron chi connectivity index (χ0n) is 93.6. The van der Waals surface area contributed by atoms with E-state index in [4.69, 9.17) is 4.74 Å². The average Bonchev–Trinajstić information content (AvgIpc) is 1.64. The van der Waals surface area contributed by atoms with Crippen LogP contribution in [0.2, 0.25) is 0 Å². The van der Waals surface area contributed by atoms with Crippen molar-refractivity contribution in [3.63, 3.8) is 0 Å². The van der Waals surface area contributed by atoms with Gasteiger partial charge in [0.05, 0.1) is 57.9 Å². The van der Waals surface area contributed by atoms with Crippen LogP contribution in [0.1, 0.15) is 286 Å². The summed E-state index contributed by atoms with van der Waals surface area (Å²) < 4.78 is 5.52. The van der Waals surface area contributed by atoms with Crippen LogP contribution in [0.5, 0.6) is 5.75 Å². The van der Waals surface area contributed by atoms with E-state index in [1.807, 2.05) is 27.2 Å². The van der Waals surface area contributed by atoms with Gasteiger partial charge in [0.1, 0.15) is 17.9 Å². The number of benzene rings is 8. The molecule has 9 fully saturated rings. The maximum atomic E-state index is 12.5. The molecule has 23 heteroatoms. The van der Waals surface area contributed by atoms with Crippen molar-refractivity contribution >= 4 is 62.8 Å². The Hall–Kier alpha value is -10.3. The van der Waals surface area contributed by atoms with Crippen molar-refractivity contribution in [1.82, 2.24) is 47.4 Å². The first-order valence-electron chi connectivity index (χ1n) is 54.8. The molecule has 8 heterocycles. The number of hydrogen-bond acceptors (Lipinski definition) is 22. The minimum Gasteiger partial charge on any atom is -0.495 e. The highest BCUT2D eigenvalue weighted by Gasteiger charge is 2.31. The first-order chi connectivity index (χ1) is 69.1. The summed E-state index contributed by atoms with van der Waals surface area (Å²) in [5.74, 6) is 6.65. The number of rotatable bonds is 22. The second-order valence-corrected chi connectivity index (χ2v) is 43.5. The van der Waals surface area contributed by atoms with Gasteiger partial charge in [0.15, 0.2) is 0 Å². The molecule has 0 unspecified atom stereocenters. The first-order valence-corrected chi connectivity index (χ1v) is 54.8. The molecule has 788 valence electrons. The Bertz CT molecular complexity index is 5100. The van der Waals surface area contributed by atoms with E-state index in [1.165, 1.54) is 103 Å². The molecule has 8 saturated heterocycles. The van der Waals surface area contributed by atoms with Crippen LogP contribution in [0.25, 0.3) is 0 Å². The van der Waals surface area contributed by atoms with Crippen molar-refractivity contribution in [1.29, 1.82) is 10.5 Å². The molecule has 0 spiro atoms. The van der Waals surface area contributed by atoms with Crippen LogP contribution >= 0.6 is 0 Å². The lowest BCUT2D eigenvalue weighted by molar-refractivity contribution is 0.0828. The third-order valence-electron chi connectivity index (χ3n) is 29.3. The predicted octanol–water partition coefficient (Wildman–Crippen LogP) is 20.0. The summed E-state index contributed by atoms with van der Waals surface area (Å²) in [6, 6.07) is 56.9. The van der Waals surface area contributed by atoms with Crippen LogP contribution in [0, 0.1) is 29.6 Å². The van der Waals surface area contributed by atoms with Gasteiger partial charge in [-0.05, 0) is 226 Å². The molecule has 23 nitrogen and oxygen atoms in total. The summed E-state index contributed by atoms with van der Waals surface area (Å²) in [5, 5.41) is 49.2. The lowest BCUT2D eigenvalue weighted by atomic mass is 9.93. The Morgan fingerprint density at radius 1 is 0.368 bits per heavy atom. The van der Waals surface area contributed by atoms with Crippen LogP contribution in [-0.4, -0.2) is 262 Å². The van der Waals surface area contributed by atoms with E-state index in [-0.39, 0.29) is 5.91 Å². The molecule has 1 aliphatic carbocycles. The predicted molar refractivity (Wildman–Crippen MR) is 618 cm³/mol. The molecule has 1 saturated carbocycles. The van der Waals surface area contributed by atoms with Gasteiger partial charge in [0.25, 0.3) is 5.91 Å². The Morgan fingerprint density at radius 2 is 0.715 bits per heavy atom. The summed E-state index contributed by atoms with van der Waals surface area (Å²) in [6.07, 6.45) is 2.78. The van der Waals surface area contributed by atoms with Crippen LogP contribution in [-0.2, 0) is 0 Å². The number of aryl methyl sites for hydroxylation is 1. The van der Waals surface area contributed by atoms with Crippen molar-refractivity contribution in [2.45, 2.75) is 217 Å². The second kappa shape index (κ2) is 58.3. The smallest absolute Gasteiger partial charge is 0.255 e. The first kappa shape index (κ1) is 116. The molecule has 0 radical (unpaired) electrons. The summed E-state index contributed by atoms with van der Waals surface area (Å²) in [5.41, 5.74) is 30.2. The normalized spacial score (nSPS) is 17.2. The van der Waals surface area contributed by atoms with Gasteiger partial charge in [-0.2, -0.15) is 10.5 Å². The lowest BCUT2D eigenvalue weighted by Crippen LogP contribution is -2.49. The van der Waals surface area contributed by atoms with Gasteiger partial charge in [0.2, 0.25) is 0 Å². The highest BCUT2D eigenvalue weighted by Crippen LogP contribution is 2.46. The van der Waals surface area contributed by atoms with E-state index in [1.54, 1.807) is 17.6 Å². The van der Waals surface area contributed by atoms with E-state index in [0.717, 1.165) is 248 Å². The van der Waals surface area contributed by atoms with Crippen molar-refractivity contribution in [2.24, 2.45) is 0 Å². The highest BCUT2D eigenvalue weighted by molar-refractivity contribution is 6.00. The molecule has 144 heavy (non-hydrogen) atoms. The number of piperazine rings is 8. The SMILES string of the molecule is CC(C)c1ccc(N2CCNCC2)c(C(=O)N(C)C)c1.CC(C)c1ccc(N2CCNCC2)c(C(C)C)c1.CC(C)c1ccc(N2CCNCC2)c(C2CC2)c1.CC(C)c1ccc(N2CCNCC2)c(N(C)C)c1.CC(C)c1ccc(N2CCNC[C@@H]2C)cc1.CNc1cc(C(C)C)ccc1N1CCNCC1.COc1cc(C(C)C)cc(C#N)c1N1CCNCC1.Cc1cc(C(C)C)cc(C#N)c1N1CCNCC1. The van der Waals surface area contributed by atoms with Crippen molar-refractivity contribution in [3.05, 3.63) is 217 Å². The monoisotopic (exact) mass is 1970 g/mol. The number of carbonyl (C=O) groups is 1. The number of hydrogen-bond donors (Lipinski definition) is 9. The zero-order chi connectivity index (χ0) is 104. The molecule has 0 aromatic heterocycles. The van der Waals surface area contributed by atoms with Crippen molar-refractivity contribution in [2.75, 3.05) is 295 Å². The lowest BCUT2D eigenvalue weighted by Gasteiger charge is -2.36. The maximum Gasteiger partial charge on any atom is 0.255 e. The molecular weight excluding hydrogens is 1780 g/mol. The molecule has 8 aromatic rings. The number of methoxy groups -OCH3 is 1. The number of carbonyl (C=O) groups excluding carboxylic acids is 1. The highest BCUT2D eigenvalue weighted by atomic mass is 16.5. The molecule has 1 atom stereocenters. The molecule has 9 N–H and O–H groups in total. The van der Waals surface area contributed by atoms with Gasteiger partial charge in [-0.1, -0.05) is 185 Å². The number of nitriles is 2. The van der Waals surface area contributed by atoms with E-state index in [0.29, 0.717) is 64.9 Å². The molecular formula is C121H187N21O2. The Labute approximate surface area is 871 Å². The van der Waals surface area contributed by atoms with E-state index >= 15 is 0 Å². The molecule has 17 rings (SSSR count). The minimum absolute atomic E-state index is 0.0843. The quantitative estimate of drug-likeness (QED) is 0.0308. The molecule has 1 amide bonds. The largest absolute Gasteiger partial charge is 0.495 e. The third-order valence-corrected chi connectivity index (χ3v) is 29.3. The van der Waals surface area contributed by atoms with Crippen LogP contribution in [0.4, 0.5) is 56.9 Å². The van der Waals surface area contributed by atoms with Gasteiger partial charge in [0, 0.05) is 267 Å². The summed E-state index contributed by atoms with van der Waals surface area (Å²) in [4.78, 5) is 35.7. The molecule has 8 aliphatic heterocycles. The van der Waals surface area contributed by atoms with Gasteiger partial charge in [-0.15, -0.1) is 0 Å². The average molecular weight is 1970 g/mol. The second-order valence-electron chi connectivity index (χ2n) is 43.5. The number of nitrogens with zero attached hydrogens (tertiary/aromatic N) is 12. The fraction of sp³-hybridized carbons (Fsp3) is 0.579. The van der Waals surface area contributed by atoms with E-state index in [9.17, 15) is 15.3 Å². The number of amides is 1. The summed E-state index contributed by atoms with van der Waals surface area (Å²) in [6.45, 7) is 77.0. The van der Waals surface area contributed by atoms with E-state index in [2.05, 4.69) is 390 Å². The number of nitrogens with one attached hydrogen (secondary N) is 9. The fourth-order valence-corrected chi connectivity index (χ4v) is 19.9. The van der Waals surface area contributed by atoms with Crippen LogP contribution in [0.3, 0.4) is 0 Å². The van der Waals surface area contributed by atoms with Crippen LogP contribution < -0.4 is 96.7 Å². The van der Waals surface area contributed by atoms with Gasteiger partial charge < -0.3 is 102 Å². The number of ether oxygens (including phenoxy) is 1. The maximum absolute atomic E-state index is 12.5. The van der Waals surface area contributed by atoms with Gasteiger partial charge in [-0.25, -0.2) is 0 Å². The van der Waals surface area contributed by atoms with Crippen molar-refractivity contribution < 1.29 is 9.53 Å². The van der Waals surface area contributed by atoms with Crippen molar-refractivity contribution in [3.8, 4) is 17.9 Å². The summed E-state index contributed by atoms with van der Waals surface area (Å²) >= 11 is 0. The Kier molecular flexibility index (Phi) is 46.8.